The Morgan fingerprint density at radius 3 is 2.59 bits per heavy atom. The summed E-state index contributed by atoms with van der Waals surface area (Å²) in [6, 6.07) is 0. The molecule has 17 heavy (non-hydrogen) atoms. The van der Waals surface area contributed by atoms with Crippen LogP contribution in [0.15, 0.2) is 23.8 Å². The summed E-state index contributed by atoms with van der Waals surface area (Å²) in [6.07, 6.45) is 6.13. The van der Waals surface area contributed by atoms with Crippen LogP contribution in [0.25, 0.3) is 0 Å². The van der Waals surface area contributed by atoms with Gasteiger partial charge in [-0.05, 0) is 27.2 Å². The monoisotopic (exact) mass is 238 g/mol. The van der Waals surface area contributed by atoms with Crippen molar-refractivity contribution in [2.45, 2.75) is 32.8 Å². The molecule has 0 heterocycles. The number of carbonyl (C=O) groups is 1. The van der Waals surface area contributed by atoms with Gasteiger partial charge in [-0.2, -0.15) is 0 Å². The van der Waals surface area contributed by atoms with E-state index in [4.69, 9.17) is 16.2 Å². The van der Waals surface area contributed by atoms with Gasteiger partial charge >= 0.3 is 5.97 Å². The van der Waals surface area contributed by atoms with Crippen molar-refractivity contribution in [3.05, 3.63) is 23.8 Å². The molecule has 0 radical (unpaired) electrons. The molecule has 0 aromatic carbocycles. The molecular formula is C13H22N2O2. The van der Waals surface area contributed by atoms with Crippen molar-refractivity contribution in [1.82, 2.24) is 0 Å². The topological polar surface area (TPSA) is 78.3 Å². The highest BCUT2D eigenvalue weighted by atomic mass is 16.6. The molecule has 96 valence electrons. The molecular weight excluding hydrogens is 216 g/mol. The van der Waals surface area contributed by atoms with Crippen LogP contribution < -0.4 is 11.5 Å². The first-order chi connectivity index (χ1) is 7.83. The Labute approximate surface area is 103 Å². The summed E-state index contributed by atoms with van der Waals surface area (Å²) in [5.41, 5.74) is 11.1. The van der Waals surface area contributed by atoms with E-state index >= 15 is 0 Å². The van der Waals surface area contributed by atoms with Gasteiger partial charge in [0.1, 0.15) is 11.0 Å². The van der Waals surface area contributed by atoms with Crippen LogP contribution in [0.3, 0.4) is 0 Å². The number of nitrogens with two attached hydrogens (primary N) is 2. The third-order valence-electron chi connectivity index (χ3n) is 2.72. The van der Waals surface area contributed by atoms with Gasteiger partial charge in [-0.3, -0.25) is 4.79 Å². The van der Waals surface area contributed by atoms with Crippen molar-refractivity contribution < 1.29 is 9.53 Å². The average molecular weight is 238 g/mol. The molecule has 1 atom stereocenters. The van der Waals surface area contributed by atoms with Crippen molar-refractivity contribution in [1.29, 1.82) is 0 Å². The standard InChI is InChI=1S/C13H22N2O2/c1-12(2,3)17-11(16)13(9-15)6-4-5-10(7-13)8-14/h4-6H,7-9,14-15H2,1-3H3. The van der Waals surface area contributed by atoms with Crippen LogP contribution in [0.2, 0.25) is 0 Å². The lowest BCUT2D eigenvalue weighted by molar-refractivity contribution is -0.164. The van der Waals surface area contributed by atoms with Crippen LogP contribution in [0.4, 0.5) is 0 Å². The Hall–Kier alpha value is -1.13. The van der Waals surface area contributed by atoms with Gasteiger partial charge in [0.15, 0.2) is 0 Å². The maximum atomic E-state index is 12.2. The fourth-order valence-corrected chi connectivity index (χ4v) is 1.78. The summed E-state index contributed by atoms with van der Waals surface area (Å²) in [4.78, 5) is 12.2. The lowest BCUT2D eigenvalue weighted by Crippen LogP contribution is -2.43. The van der Waals surface area contributed by atoms with E-state index in [1.165, 1.54) is 0 Å². The minimum Gasteiger partial charge on any atom is -0.459 e. The second kappa shape index (κ2) is 5.02. The van der Waals surface area contributed by atoms with Crippen molar-refractivity contribution in [2.75, 3.05) is 13.1 Å². The fourth-order valence-electron chi connectivity index (χ4n) is 1.78. The third kappa shape index (κ3) is 3.41. The van der Waals surface area contributed by atoms with Gasteiger partial charge in [-0.25, -0.2) is 0 Å². The minimum atomic E-state index is -0.753. The van der Waals surface area contributed by atoms with Crippen molar-refractivity contribution in [2.24, 2.45) is 16.9 Å². The Balaban J connectivity index is 2.88. The fraction of sp³-hybridized carbons (Fsp3) is 0.615. The van der Waals surface area contributed by atoms with Gasteiger partial charge in [-0.1, -0.05) is 23.8 Å². The molecule has 1 aliphatic rings. The molecule has 0 aliphatic heterocycles. The van der Waals surface area contributed by atoms with Crippen LogP contribution in [0.5, 0.6) is 0 Å². The Morgan fingerprint density at radius 2 is 2.12 bits per heavy atom. The van der Waals surface area contributed by atoms with E-state index in [1.54, 1.807) is 0 Å². The van der Waals surface area contributed by atoms with E-state index < -0.39 is 11.0 Å². The largest absolute Gasteiger partial charge is 0.459 e. The zero-order valence-corrected chi connectivity index (χ0v) is 10.8. The predicted molar refractivity (Wildman–Crippen MR) is 68.2 cm³/mol. The summed E-state index contributed by atoms with van der Waals surface area (Å²) in [6.45, 7) is 6.22. The minimum absolute atomic E-state index is 0.232. The molecule has 1 rings (SSSR count). The molecule has 0 spiro atoms. The Kier molecular flexibility index (Phi) is 4.11. The lowest BCUT2D eigenvalue weighted by atomic mass is 9.78. The zero-order valence-electron chi connectivity index (χ0n) is 10.8. The first kappa shape index (κ1) is 13.9. The van der Waals surface area contributed by atoms with E-state index in [0.29, 0.717) is 13.0 Å². The summed E-state index contributed by atoms with van der Waals surface area (Å²) in [5.74, 6) is -0.275. The smallest absolute Gasteiger partial charge is 0.318 e. The predicted octanol–water partition coefficient (Wildman–Crippen LogP) is 1.12. The first-order valence-corrected chi connectivity index (χ1v) is 5.84. The number of carbonyl (C=O) groups excluding carboxylic acids is 1. The van der Waals surface area contributed by atoms with E-state index in [-0.39, 0.29) is 12.5 Å². The molecule has 0 saturated carbocycles. The van der Waals surface area contributed by atoms with Crippen LogP contribution in [0.1, 0.15) is 27.2 Å². The van der Waals surface area contributed by atoms with Gasteiger partial charge in [0.05, 0.1) is 0 Å². The van der Waals surface area contributed by atoms with E-state index in [9.17, 15) is 4.79 Å². The van der Waals surface area contributed by atoms with Crippen LogP contribution in [-0.2, 0) is 9.53 Å². The van der Waals surface area contributed by atoms with Crippen molar-refractivity contribution in [3.8, 4) is 0 Å². The van der Waals surface area contributed by atoms with E-state index in [1.807, 2.05) is 39.0 Å². The van der Waals surface area contributed by atoms with E-state index in [0.717, 1.165) is 5.57 Å². The Bertz CT molecular complexity index is 353. The quantitative estimate of drug-likeness (QED) is 0.722. The van der Waals surface area contributed by atoms with Crippen LogP contribution >= 0.6 is 0 Å². The number of rotatable bonds is 3. The Morgan fingerprint density at radius 1 is 1.47 bits per heavy atom. The molecule has 0 aromatic heterocycles. The van der Waals surface area contributed by atoms with E-state index in [2.05, 4.69) is 0 Å². The molecule has 4 nitrogen and oxygen atoms in total. The average Bonchev–Trinajstić information content (AvgIpc) is 2.26. The maximum absolute atomic E-state index is 12.2. The number of hydrogen-bond acceptors (Lipinski definition) is 4. The number of esters is 1. The number of ether oxygens (including phenoxy) is 1. The van der Waals surface area contributed by atoms with Crippen molar-refractivity contribution >= 4 is 5.97 Å². The normalized spacial score (nSPS) is 24.4. The molecule has 4 N–H and O–H groups in total. The van der Waals surface area contributed by atoms with Crippen molar-refractivity contribution in [3.63, 3.8) is 0 Å². The van der Waals surface area contributed by atoms with Gasteiger partial charge in [0, 0.05) is 13.1 Å². The molecule has 0 amide bonds. The highest BCUT2D eigenvalue weighted by Gasteiger charge is 2.39. The summed E-state index contributed by atoms with van der Waals surface area (Å²) >= 11 is 0. The summed E-state index contributed by atoms with van der Waals surface area (Å²) < 4.78 is 5.43. The SMILES string of the molecule is CC(C)(C)OC(=O)C1(CN)C=CC=C(CN)C1. The lowest BCUT2D eigenvalue weighted by Gasteiger charge is -2.33. The molecule has 4 heteroatoms. The van der Waals surface area contributed by atoms with Gasteiger partial charge in [-0.15, -0.1) is 0 Å². The molecule has 0 fully saturated rings. The number of allylic oxidation sites excluding steroid dienone is 2. The molecule has 0 aromatic rings. The van der Waals surface area contributed by atoms with Crippen LogP contribution in [-0.4, -0.2) is 24.7 Å². The van der Waals surface area contributed by atoms with Gasteiger partial charge < -0.3 is 16.2 Å². The highest BCUT2D eigenvalue weighted by Crippen LogP contribution is 2.33. The number of hydrogen-bond donors (Lipinski definition) is 2. The molecule has 1 aliphatic carbocycles. The van der Waals surface area contributed by atoms with Gasteiger partial charge in [0.2, 0.25) is 0 Å². The zero-order chi connectivity index (χ0) is 13.1. The second-order valence-corrected chi connectivity index (χ2v) is 5.43. The third-order valence-corrected chi connectivity index (χ3v) is 2.72. The molecule has 0 bridgehead atoms. The second-order valence-electron chi connectivity index (χ2n) is 5.43. The summed E-state index contributed by atoms with van der Waals surface area (Å²) in [5, 5.41) is 0. The summed E-state index contributed by atoms with van der Waals surface area (Å²) in [7, 11) is 0. The highest BCUT2D eigenvalue weighted by molar-refractivity contribution is 5.81. The van der Waals surface area contributed by atoms with Crippen LogP contribution in [0, 0.1) is 5.41 Å². The molecule has 1 unspecified atom stereocenters. The van der Waals surface area contributed by atoms with Gasteiger partial charge in [0.25, 0.3) is 0 Å². The maximum Gasteiger partial charge on any atom is 0.318 e. The molecule has 0 saturated heterocycles. The first-order valence-electron chi connectivity index (χ1n) is 5.84.